The smallest absolute Gasteiger partial charge is 0.246 e. The number of nitrogens with zero attached hydrogens (tertiary/aromatic N) is 1. The number of hydrogen-bond donors (Lipinski definition) is 0. The van der Waals surface area contributed by atoms with Gasteiger partial charge in [0.25, 0.3) is 0 Å². The van der Waals surface area contributed by atoms with Gasteiger partial charge < -0.3 is 9.32 Å². The Kier molecular flexibility index (Phi) is 4.23. The molecule has 0 fully saturated rings. The number of carbonyl (C=O) groups is 1. The lowest BCUT2D eigenvalue weighted by molar-refractivity contribution is -0.125. The van der Waals surface area contributed by atoms with Crippen molar-refractivity contribution in [3.63, 3.8) is 0 Å². The van der Waals surface area contributed by atoms with Crippen molar-refractivity contribution in [2.45, 2.75) is 6.54 Å². The Morgan fingerprint density at radius 3 is 2.94 bits per heavy atom. The first-order chi connectivity index (χ1) is 8.65. The van der Waals surface area contributed by atoms with Crippen molar-refractivity contribution in [1.82, 2.24) is 4.90 Å². The molecule has 0 saturated carbocycles. The van der Waals surface area contributed by atoms with Crippen LogP contribution in [0.4, 0.5) is 0 Å². The van der Waals surface area contributed by atoms with Crippen LogP contribution < -0.4 is 0 Å². The number of furan rings is 1. The first kappa shape index (κ1) is 12.9. The number of halogens is 1. The average molecular weight is 282 g/mol. The van der Waals surface area contributed by atoms with Gasteiger partial charge in [0, 0.05) is 18.0 Å². The Balaban J connectivity index is 1.92. The Labute approximate surface area is 114 Å². The lowest BCUT2D eigenvalue weighted by atomic mass is 10.3. The molecule has 2 rings (SSSR count). The number of thiophene rings is 1. The van der Waals surface area contributed by atoms with Crippen LogP contribution >= 0.6 is 22.9 Å². The highest BCUT2D eigenvalue weighted by Gasteiger charge is 2.07. The Morgan fingerprint density at radius 2 is 2.33 bits per heavy atom. The molecule has 5 heteroatoms. The van der Waals surface area contributed by atoms with Crippen molar-refractivity contribution in [3.8, 4) is 0 Å². The lowest BCUT2D eigenvalue weighted by Crippen LogP contribution is -2.23. The summed E-state index contributed by atoms with van der Waals surface area (Å²) in [4.78, 5) is 14.5. The van der Waals surface area contributed by atoms with E-state index in [1.165, 1.54) is 17.4 Å². The van der Waals surface area contributed by atoms with Crippen LogP contribution in [0, 0.1) is 0 Å². The zero-order chi connectivity index (χ0) is 13.0. The van der Waals surface area contributed by atoms with Crippen LogP contribution in [-0.4, -0.2) is 17.9 Å². The predicted molar refractivity (Wildman–Crippen MR) is 73.5 cm³/mol. The molecule has 0 atom stereocenters. The van der Waals surface area contributed by atoms with E-state index in [9.17, 15) is 4.79 Å². The predicted octanol–water partition coefficient (Wildman–Crippen LogP) is 3.67. The standard InChI is InChI=1S/C13H12ClNO2S/c1-15(9-11-5-6-12(14)18-11)13(16)7-4-10-3-2-8-17-10/h2-8H,9H2,1H3/b7-4+. The second-order valence-electron chi connectivity index (χ2n) is 3.75. The third-order valence-electron chi connectivity index (χ3n) is 2.33. The molecule has 3 nitrogen and oxygen atoms in total. The van der Waals surface area contributed by atoms with Gasteiger partial charge in [-0.3, -0.25) is 4.79 Å². The van der Waals surface area contributed by atoms with E-state index in [-0.39, 0.29) is 5.91 Å². The quantitative estimate of drug-likeness (QED) is 0.801. The van der Waals surface area contributed by atoms with Crippen molar-refractivity contribution in [3.05, 3.63) is 51.6 Å². The van der Waals surface area contributed by atoms with Crippen molar-refractivity contribution < 1.29 is 9.21 Å². The fourth-order valence-corrected chi connectivity index (χ4v) is 2.56. The number of hydrogen-bond acceptors (Lipinski definition) is 3. The summed E-state index contributed by atoms with van der Waals surface area (Å²) in [5.41, 5.74) is 0. The summed E-state index contributed by atoms with van der Waals surface area (Å²) >= 11 is 7.32. The summed E-state index contributed by atoms with van der Waals surface area (Å²) in [7, 11) is 1.75. The third kappa shape index (κ3) is 3.48. The van der Waals surface area contributed by atoms with Crippen LogP contribution in [0.25, 0.3) is 6.08 Å². The zero-order valence-electron chi connectivity index (χ0n) is 9.80. The molecule has 0 bridgehead atoms. The maximum Gasteiger partial charge on any atom is 0.246 e. The van der Waals surface area contributed by atoms with Crippen LogP contribution in [0.1, 0.15) is 10.6 Å². The summed E-state index contributed by atoms with van der Waals surface area (Å²) in [6.45, 7) is 0.554. The minimum Gasteiger partial charge on any atom is -0.465 e. The van der Waals surface area contributed by atoms with Gasteiger partial charge in [-0.15, -0.1) is 11.3 Å². The molecule has 0 aliphatic heterocycles. The van der Waals surface area contributed by atoms with E-state index in [1.807, 2.05) is 12.1 Å². The van der Waals surface area contributed by atoms with Crippen molar-refractivity contribution in [2.24, 2.45) is 0 Å². The highest BCUT2D eigenvalue weighted by molar-refractivity contribution is 7.16. The number of amides is 1. The fraction of sp³-hybridized carbons (Fsp3) is 0.154. The van der Waals surface area contributed by atoms with Gasteiger partial charge in [0.15, 0.2) is 0 Å². The maximum atomic E-state index is 11.8. The number of carbonyl (C=O) groups excluding carboxylic acids is 1. The van der Waals surface area contributed by atoms with Gasteiger partial charge in [-0.1, -0.05) is 11.6 Å². The monoisotopic (exact) mass is 281 g/mol. The van der Waals surface area contributed by atoms with E-state index >= 15 is 0 Å². The second kappa shape index (κ2) is 5.89. The number of likely N-dealkylation sites (N-methyl/N-ethyl adjacent to an activating group) is 1. The molecule has 2 heterocycles. The molecule has 94 valence electrons. The minimum absolute atomic E-state index is 0.0732. The zero-order valence-corrected chi connectivity index (χ0v) is 11.4. The molecule has 0 saturated heterocycles. The van der Waals surface area contributed by atoms with E-state index in [4.69, 9.17) is 16.0 Å². The van der Waals surface area contributed by atoms with E-state index in [2.05, 4.69) is 0 Å². The highest BCUT2D eigenvalue weighted by atomic mass is 35.5. The fourth-order valence-electron chi connectivity index (χ4n) is 1.42. The number of rotatable bonds is 4. The molecule has 0 aliphatic carbocycles. The topological polar surface area (TPSA) is 33.5 Å². The van der Waals surface area contributed by atoms with E-state index in [0.717, 1.165) is 9.21 Å². The molecule has 2 aromatic heterocycles. The van der Waals surface area contributed by atoms with Crippen molar-refractivity contribution in [2.75, 3.05) is 7.05 Å². The summed E-state index contributed by atoms with van der Waals surface area (Å²) < 4.78 is 5.85. The first-order valence-corrected chi connectivity index (χ1v) is 6.55. The van der Waals surface area contributed by atoms with Crippen LogP contribution in [0.5, 0.6) is 0 Å². The van der Waals surface area contributed by atoms with Gasteiger partial charge >= 0.3 is 0 Å². The molecule has 1 amide bonds. The minimum atomic E-state index is -0.0732. The van der Waals surface area contributed by atoms with Crippen molar-refractivity contribution in [1.29, 1.82) is 0 Å². The van der Waals surface area contributed by atoms with Gasteiger partial charge in [-0.25, -0.2) is 0 Å². The SMILES string of the molecule is CN(Cc1ccc(Cl)s1)C(=O)/C=C/c1ccco1. The highest BCUT2D eigenvalue weighted by Crippen LogP contribution is 2.22. The molecule has 0 radical (unpaired) electrons. The van der Waals surface area contributed by atoms with Gasteiger partial charge in [0.05, 0.1) is 17.1 Å². The summed E-state index contributed by atoms with van der Waals surface area (Å²) in [5.74, 6) is 0.590. The van der Waals surface area contributed by atoms with Gasteiger partial charge in [0.1, 0.15) is 5.76 Å². The molecular weight excluding hydrogens is 270 g/mol. The second-order valence-corrected chi connectivity index (χ2v) is 5.55. The van der Waals surface area contributed by atoms with Gasteiger partial charge in [0.2, 0.25) is 5.91 Å². The normalized spacial score (nSPS) is 11.0. The van der Waals surface area contributed by atoms with Crippen LogP contribution in [0.3, 0.4) is 0 Å². The Morgan fingerprint density at radius 1 is 1.50 bits per heavy atom. The van der Waals surface area contributed by atoms with Crippen molar-refractivity contribution >= 4 is 34.9 Å². The Bertz CT molecular complexity index is 545. The molecule has 0 unspecified atom stereocenters. The van der Waals surface area contributed by atoms with Crippen LogP contribution in [0.15, 0.2) is 41.0 Å². The molecule has 2 aromatic rings. The first-order valence-electron chi connectivity index (χ1n) is 5.36. The van der Waals surface area contributed by atoms with Crippen LogP contribution in [0.2, 0.25) is 4.34 Å². The Hall–Kier alpha value is -1.52. The maximum absolute atomic E-state index is 11.8. The molecule has 0 aliphatic rings. The van der Waals surface area contributed by atoms with E-state index in [1.54, 1.807) is 36.4 Å². The van der Waals surface area contributed by atoms with Gasteiger partial charge in [-0.2, -0.15) is 0 Å². The molecule has 0 aromatic carbocycles. The summed E-state index contributed by atoms with van der Waals surface area (Å²) in [6.07, 6.45) is 4.72. The van der Waals surface area contributed by atoms with Crippen LogP contribution in [-0.2, 0) is 11.3 Å². The molecule has 18 heavy (non-hydrogen) atoms. The lowest BCUT2D eigenvalue weighted by Gasteiger charge is -2.13. The van der Waals surface area contributed by atoms with E-state index in [0.29, 0.717) is 12.3 Å². The summed E-state index contributed by atoms with van der Waals surface area (Å²) in [6, 6.07) is 7.33. The van der Waals surface area contributed by atoms with E-state index < -0.39 is 0 Å². The molecule has 0 spiro atoms. The largest absolute Gasteiger partial charge is 0.465 e. The summed E-state index contributed by atoms with van der Waals surface area (Å²) in [5, 5.41) is 0. The third-order valence-corrected chi connectivity index (χ3v) is 3.55. The molecular formula is C13H12ClNO2S. The average Bonchev–Trinajstić information content (AvgIpc) is 2.97. The van der Waals surface area contributed by atoms with Gasteiger partial charge in [-0.05, 0) is 30.3 Å². The molecule has 0 N–H and O–H groups in total.